The van der Waals surface area contributed by atoms with E-state index in [0.717, 1.165) is 42.7 Å². The minimum atomic E-state index is -0.121. The number of halogens is 1. The summed E-state index contributed by atoms with van der Waals surface area (Å²) in [5.41, 5.74) is 3.55. The van der Waals surface area contributed by atoms with Crippen LogP contribution in [0.25, 0.3) is 0 Å². The van der Waals surface area contributed by atoms with Crippen LogP contribution in [0.3, 0.4) is 0 Å². The Hall–Kier alpha value is -2.37. The van der Waals surface area contributed by atoms with Gasteiger partial charge in [0.05, 0.1) is 0 Å². The summed E-state index contributed by atoms with van der Waals surface area (Å²) in [7, 11) is 0. The van der Waals surface area contributed by atoms with Gasteiger partial charge in [-0.25, -0.2) is 0 Å². The van der Waals surface area contributed by atoms with E-state index in [4.69, 9.17) is 11.6 Å². The zero-order valence-corrected chi connectivity index (χ0v) is 20.8. The minimum absolute atomic E-state index is 0.0457. The molecule has 0 fully saturated rings. The van der Waals surface area contributed by atoms with Gasteiger partial charge in [-0.1, -0.05) is 43.0 Å². The normalized spacial score (nSPS) is 16.0. The quantitative estimate of drug-likeness (QED) is 0.615. The largest absolute Gasteiger partial charge is 0.348 e. The maximum atomic E-state index is 12.9. The summed E-state index contributed by atoms with van der Waals surface area (Å²) in [4.78, 5) is 29.8. The predicted molar refractivity (Wildman–Crippen MR) is 136 cm³/mol. The molecule has 0 radical (unpaired) electrons. The molecule has 3 rings (SSSR count). The molecular formula is C27H36ClN3O2. The van der Waals surface area contributed by atoms with Gasteiger partial charge in [-0.05, 0) is 74.7 Å². The van der Waals surface area contributed by atoms with Crippen LogP contribution in [-0.4, -0.2) is 35.8 Å². The molecule has 1 heterocycles. The third-order valence-corrected chi connectivity index (χ3v) is 6.56. The molecule has 5 nitrogen and oxygen atoms in total. The fourth-order valence-electron chi connectivity index (χ4n) is 4.30. The number of nitrogens with zero attached hydrogens (tertiary/aromatic N) is 2. The van der Waals surface area contributed by atoms with Crippen LogP contribution >= 0.6 is 11.6 Å². The second-order valence-electron chi connectivity index (χ2n) is 9.16. The van der Waals surface area contributed by atoms with Crippen LogP contribution in [0.5, 0.6) is 0 Å². The molecule has 0 aliphatic carbocycles. The highest BCUT2D eigenvalue weighted by Crippen LogP contribution is 2.27. The third kappa shape index (κ3) is 7.31. The number of benzene rings is 2. The monoisotopic (exact) mass is 469 g/mol. The topological polar surface area (TPSA) is 52.7 Å². The van der Waals surface area contributed by atoms with Crippen LogP contribution in [0, 0.1) is 0 Å². The Balaban J connectivity index is 1.87. The van der Waals surface area contributed by atoms with Crippen molar-refractivity contribution in [3.63, 3.8) is 0 Å². The molecule has 2 aromatic carbocycles. The van der Waals surface area contributed by atoms with Gasteiger partial charge in [0.25, 0.3) is 5.91 Å². The van der Waals surface area contributed by atoms with Crippen LogP contribution < -0.4 is 10.2 Å². The molecule has 6 heteroatoms. The number of fused-ring (bicyclic) bond motifs is 1. The number of amides is 2. The fourth-order valence-corrected chi connectivity index (χ4v) is 4.43. The molecule has 0 unspecified atom stereocenters. The summed E-state index contributed by atoms with van der Waals surface area (Å²) in [5.74, 6) is -0.0753. The van der Waals surface area contributed by atoms with Crippen molar-refractivity contribution < 1.29 is 9.59 Å². The average molecular weight is 470 g/mol. The van der Waals surface area contributed by atoms with E-state index in [9.17, 15) is 9.59 Å². The van der Waals surface area contributed by atoms with Gasteiger partial charge < -0.3 is 10.2 Å². The zero-order valence-electron chi connectivity index (χ0n) is 20.1. The highest BCUT2D eigenvalue weighted by atomic mass is 35.5. The van der Waals surface area contributed by atoms with Crippen molar-refractivity contribution >= 4 is 29.1 Å². The third-order valence-electron chi connectivity index (χ3n) is 6.31. The predicted octanol–water partition coefficient (Wildman–Crippen LogP) is 5.80. The standard InChI is InChI=1S/C27H36ClN3O2/c1-20(2)30-15-7-5-4-6-8-16-31(21(3)32)26-14-11-23(17-24(26)19-30)27(33)29-18-22-9-12-25(28)13-10-22/h9-14,17,20H,4-8,15-16,18-19H2,1-3H3,(H,29,33). The number of rotatable bonds is 4. The molecule has 2 aromatic rings. The Kier molecular flexibility index (Phi) is 9.33. The SMILES string of the molecule is CC(=O)N1CCCCCCCN(C(C)C)Cc2cc(C(=O)NCc3ccc(Cl)cc3)ccc21. The van der Waals surface area contributed by atoms with E-state index in [2.05, 4.69) is 24.1 Å². The molecular weight excluding hydrogens is 434 g/mol. The fraction of sp³-hybridized carbons (Fsp3) is 0.481. The molecule has 0 bridgehead atoms. The molecule has 0 aromatic heterocycles. The maximum Gasteiger partial charge on any atom is 0.251 e. The molecule has 0 saturated heterocycles. The van der Waals surface area contributed by atoms with Gasteiger partial charge in [-0.2, -0.15) is 0 Å². The zero-order chi connectivity index (χ0) is 23.8. The lowest BCUT2D eigenvalue weighted by molar-refractivity contribution is -0.116. The van der Waals surface area contributed by atoms with Crippen molar-refractivity contribution in [2.24, 2.45) is 0 Å². The lowest BCUT2D eigenvalue weighted by atomic mass is 10.0. The van der Waals surface area contributed by atoms with E-state index in [1.165, 1.54) is 19.3 Å². The maximum absolute atomic E-state index is 12.9. The van der Waals surface area contributed by atoms with Gasteiger partial charge in [0, 0.05) is 48.9 Å². The van der Waals surface area contributed by atoms with Crippen molar-refractivity contribution in [1.82, 2.24) is 10.2 Å². The second kappa shape index (κ2) is 12.2. The summed E-state index contributed by atoms with van der Waals surface area (Å²) < 4.78 is 0. The summed E-state index contributed by atoms with van der Waals surface area (Å²) in [6.07, 6.45) is 5.72. The first-order valence-corrected chi connectivity index (χ1v) is 12.4. The molecule has 33 heavy (non-hydrogen) atoms. The summed E-state index contributed by atoms with van der Waals surface area (Å²) >= 11 is 5.95. The number of carbonyl (C=O) groups excluding carboxylic acids is 2. The average Bonchev–Trinajstić information content (AvgIpc) is 2.78. The molecule has 0 atom stereocenters. The van der Waals surface area contributed by atoms with Crippen LogP contribution in [0.1, 0.15) is 74.4 Å². The van der Waals surface area contributed by atoms with Gasteiger partial charge in [0.1, 0.15) is 0 Å². The first-order chi connectivity index (χ1) is 15.8. The number of carbonyl (C=O) groups is 2. The van der Waals surface area contributed by atoms with E-state index in [1.54, 1.807) is 6.92 Å². The molecule has 2 amide bonds. The first-order valence-electron chi connectivity index (χ1n) is 12.0. The van der Waals surface area contributed by atoms with Gasteiger partial charge in [0.2, 0.25) is 5.91 Å². The smallest absolute Gasteiger partial charge is 0.251 e. The van der Waals surface area contributed by atoms with Crippen molar-refractivity contribution in [2.75, 3.05) is 18.0 Å². The molecule has 0 saturated carbocycles. The molecule has 1 aliphatic heterocycles. The molecule has 0 spiro atoms. The van der Waals surface area contributed by atoms with Crippen LogP contribution in [0.2, 0.25) is 5.02 Å². The van der Waals surface area contributed by atoms with Gasteiger partial charge in [-0.3, -0.25) is 14.5 Å². The Bertz CT molecular complexity index is 943. The minimum Gasteiger partial charge on any atom is -0.348 e. The van der Waals surface area contributed by atoms with Gasteiger partial charge in [-0.15, -0.1) is 0 Å². The number of hydrogen-bond donors (Lipinski definition) is 1. The number of hydrogen-bond acceptors (Lipinski definition) is 3. The highest BCUT2D eigenvalue weighted by Gasteiger charge is 2.21. The molecule has 1 N–H and O–H groups in total. The van der Waals surface area contributed by atoms with Crippen LogP contribution in [-0.2, 0) is 17.9 Å². The van der Waals surface area contributed by atoms with Crippen molar-refractivity contribution in [2.45, 2.75) is 72.0 Å². The van der Waals surface area contributed by atoms with E-state index in [0.29, 0.717) is 29.7 Å². The second-order valence-corrected chi connectivity index (χ2v) is 9.59. The van der Waals surface area contributed by atoms with Crippen molar-refractivity contribution in [3.05, 3.63) is 64.2 Å². The van der Waals surface area contributed by atoms with E-state index in [1.807, 2.05) is 47.4 Å². The Morgan fingerprint density at radius 3 is 2.30 bits per heavy atom. The summed E-state index contributed by atoms with van der Waals surface area (Å²) in [6.45, 7) is 8.92. The van der Waals surface area contributed by atoms with E-state index < -0.39 is 0 Å². The molecule has 178 valence electrons. The lowest BCUT2D eigenvalue weighted by Crippen LogP contribution is -2.35. The highest BCUT2D eigenvalue weighted by molar-refractivity contribution is 6.30. The van der Waals surface area contributed by atoms with Crippen molar-refractivity contribution in [1.29, 1.82) is 0 Å². The summed E-state index contributed by atoms with van der Waals surface area (Å²) in [6, 6.07) is 13.6. The van der Waals surface area contributed by atoms with Crippen molar-refractivity contribution in [3.8, 4) is 0 Å². The van der Waals surface area contributed by atoms with Crippen LogP contribution in [0.4, 0.5) is 5.69 Å². The lowest BCUT2D eigenvalue weighted by Gasteiger charge is -2.31. The number of nitrogens with one attached hydrogen (secondary N) is 1. The van der Waals surface area contributed by atoms with E-state index >= 15 is 0 Å². The Morgan fingerprint density at radius 1 is 0.970 bits per heavy atom. The van der Waals surface area contributed by atoms with Crippen LogP contribution in [0.15, 0.2) is 42.5 Å². The molecule has 1 aliphatic rings. The summed E-state index contributed by atoms with van der Waals surface area (Å²) in [5, 5.41) is 3.68. The number of anilines is 1. The Morgan fingerprint density at radius 2 is 1.64 bits per heavy atom. The van der Waals surface area contributed by atoms with Gasteiger partial charge in [0.15, 0.2) is 0 Å². The van der Waals surface area contributed by atoms with E-state index in [-0.39, 0.29) is 11.8 Å². The first kappa shape index (κ1) is 25.3. The Labute approximate surface area is 203 Å². The van der Waals surface area contributed by atoms with Gasteiger partial charge >= 0.3 is 0 Å².